The molecule has 2 rings (SSSR count). The van der Waals surface area contributed by atoms with Crippen molar-refractivity contribution in [3.8, 4) is 0 Å². The molecule has 0 aromatic heterocycles. The first kappa shape index (κ1) is 23.5. The first-order valence-electron chi connectivity index (χ1n) is 9.46. The second-order valence-corrected chi connectivity index (χ2v) is 8.44. The number of halogens is 3. The van der Waals surface area contributed by atoms with Crippen molar-refractivity contribution in [1.29, 1.82) is 0 Å². The third-order valence-electron chi connectivity index (χ3n) is 4.52. The van der Waals surface area contributed by atoms with E-state index in [1.54, 1.807) is 36.1 Å². The molecule has 7 heteroatoms. The Balaban J connectivity index is 2.21. The first-order chi connectivity index (χ1) is 13.7. The molecule has 0 spiro atoms. The van der Waals surface area contributed by atoms with Crippen LogP contribution in [0.1, 0.15) is 38.3 Å². The van der Waals surface area contributed by atoms with Crippen molar-refractivity contribution in [3.05, 3.63) is 68.7 Å². The molecule has 0 heterocycles. The highest BCUT2D eigenvalue weighted by atomic mass is 35.5. The van der Waals surface area contributed by atoms with Gasteiger partial charge in [0.25, 0.3) is 0 Å². The summed E-state index contributed by atoms with van der Waals surface area (Å²) in [6.07, 6.45) is 0.718. The fraction of sp³-hybridized carbons (Fsp3) is 0.364. The summed E-state index contributed by atoms with van der Waals surface area (Å²) >= 11 is 18.5. The Morgan fingerprint density at radius 1 is 0.966 bits per heavy atom. The van der Waals surface area contributed by atoms with E-state index in [-0.39, 0.29) is 30.8 Å². The van der Waals surface area contributed by atoms with Crippen molar-refractivity contribution in [3.63, 3.8) is 0 Å². The van der Waals surface area contributed by atoms with Crippen LogP contribution in [0.3, 0.4) is 0 Å². The van der Waals surface area contributed by atoms with Gasteiger partial charge in [0.15, 0.2) is 0 Å². The topological polar surface area (TPSA) is 49.4 Å². The summed E-state index contributed by atoms with van der Waals surface area (Å²) < 4.78 is 0. The number of amides is 2. The minimum absolute atomic E-state index is 0.0239. The summed E-state index contributed by atoms with van der Waals surface area (Å²) in [5.74, 6) is -0.362. The van der Waals surface area contributed by atoms with Gasteiger partial charge in [-0.1, -0.05) is 59.1 Å². The Morgan fingerprint density at radius 2 is 1.66 bits per heavy atom. The van der Waals surface area contributed by atoms with Gasteiger partial charge in [-0.3, -0.25) is 9.59 Å². The average molecular weight is 456 g/mol. The molecule has 0 bridgehead atoms. The molecular weight excluding hydrogens is 431 g/mol. The van der Waals surface area contributed by atoms with E-state index in [2.05, 4.69) is 5.32 Å². The summed E-state index contributed by atoms with van der Waals surface area (Å²) in [6.45, 7) is 5.69. The summed E-state index contributed by atoms with van der Waals surface area (Å²) in [5, 5.41) is 4.46. The zero-order valence-electron chi connectivity index (χ0n) is 16.7. The first-order valence-corrected chi connectivity index (χ1v) is 10.6. The highest BCUT2D eigenvalue weighted by Gasteiger charge is 2.27. The van der Waals surface area contributed by atoms with Gasteiger partial charge in [-0.15, -0.1) is 0 Å². The molecular formula is C22H25Cl3N2O2. The minimum atomic E-state index is -0.650. The SMILES string of the molecule is CC(C)NC(=O)C(C)N(Cc1ccc(Cl)cc1Cl)C(=O)CCc1ccccc1Cl. The molecule has 29 heavy (non-hydrogen) atoms. The maximum absolute atomic E-state index is 13.1. The van der Waals surface area contributed by atoms with E-state index in [4.69, 9.17) is 34.8 Å². The lowest BCUT2D eigenvalue weighted by atomic mass is 10.1. The van der Waals surface area contributed by atoms with Crippen LogP contribution in [0.15, 0.2) is 42.5 Å². The van der Waals surface area contributed by atoms with E-state index < -0.39 is 6.04 Å². The molecule has 1 N–H and O–H groups in total. The van der Waals surface area contributed by atoms with Gasteiger partial charge >= 0.3 is 0 Å². The van der Waals surface area contributed by atoms with Crippen molar-refractivity contribution in [1.82, 2.24) is 10.2 Å². The van der Waals surface area contributed by atoms with E-state index in [1.165, 1.54) is 0 Å². The number of hydrogen-bond acceptors (Lipinski definition) is 2. The number of rotatable bonds is 8. The highest BCUT2D eigenvalue weighted by Crippen LogP contribution is 2.24. The van der Waals surface area contributed by atoms with E-state index >= 15 is 0 Å². The molecule has 4 nitrogen and oxygen atoms in total. The zero-order chi connectivity index (χ0) is 21.6. The Hall–Kier alpha value is -1.75. The molecule has 2 amide bonds. The summed E-state index contributed by atoms with van der Waals surface area (Å²) in [6, 6.07) is 11.9. The lowest BCUT2D eigenvalue weighted by Gasteiger charge is -2.30. The summed E-state index contributed by atoms with van der Waals surface area (Å²) in [5.41, 5.74) is 1.62. The van der Waals surface area contributed by atoms with Gasteiger partial charge in [-0.2, -0.15) is 0 Å². The number of nitrogens with one attached hydrogen (secondary N) is 1. The number of carbonyl (C=O) groups is 2. The number of benzene rings is 2. The van der Waals surface area contributed by atoms with Gasteiger partial charge in [-0.25, -0.2) is 0 Å². The Bertz CT molecular complexity index is 871. The Kier molecular flexibility index (Phi) is 8.81. The molecule has 0 radical (unpaired) electrons. The zero-order valence-corrected chi connectivity index (χ0v) is 19.0. The van der Waals surface area contributed by atoms with Crippen LogP contribution in [0.4, 0.5) is 0 Å². The van der Waals surface area contributed by atoms with Crippen molar-refractivity contribution in [2.45, 2.75) is 52.2 Å². The number of hydrogen-bond donors (Lipinski definition) is 1. The third-order valence-corrected chi connectivity index (χ3v) is 5.48. The fourth-order valence-corrected chi connectivity index (χ4v) is 3.61. The van der Waals surface area contributed by atoms with Gasteiger partial charge in [0, 0.05) is 34.1 Å². The number of carbonyl (C=O) groups excluding carboxylic acids is 2. The largest absolute Gasteiger partial charge is 0.352 e. The molecule has 1 unspecified atom stereocenters. The van der Waals surface area contributed by atoms with Gasteiger partial charge in [0.05, 0.1) is 0 Å². The normalized spacial score (nSPS) is 12.0. The van der Waals surface area contributed by atoms with E-state index in [9.17, 15) is 9.59 Å². The van der Waals surface area contributed by atoms with Crippen LogP contribution in [0.5, 0.6) is 0 Å². The quantitative estimate of drug-likeness (QED) is 0.569. The standard InChI is InChI=1S/C22H25Cl3N2O2/c1-14(2)26-22(29)15(3)27(13-17-8-10-18(23)12-20(17)25)21(28)11-9-16-6-4-5-7-19(16)24/h4-8,10,12,14-15H,9,11,13H2,1-3H3,(H,26,29). The Morgan fingerprint density at radius 3 is 2.28 bits per heavy atom. The van der Waals surface area contributed by atoms with Gasteiger partial charge in [0.1, 0.15) is 6.04 Å². The predicted molar refractivity (Wildman–Crippen MR) is 120 cm³/mol. The van der Waals surface area contributed by atoms with Gasteiger partial charge in [-0.05, 0) is 56.5 Å². The highest BCUT2D eigenvalue weighted by molar-refractivity contribution is 6.35. The van der Waals surface area contributed by atoms with Gasteiger partial charge < -0.3 is 10.2 Å². The molecule has 2 aromatic carbocycles. The van der Waals surface area contributed by atoms with E-state index in [0.29, 0.717) is 21.5 Å². The smallest absolute Gasteiger partial charge is 0.242 e. The van der Waals surface area contributed by atoms with Crippen LogP contribution in [-0.2, 0) is 22.6 Å². The second kappa shape index (κ2) is 10.9. The molecule has 0 fully saturated rings. The molecule has 0 saturated heterocycles. The van der Waals surface area contributed by atoms with Crippen molar-refractivity contribution in [2.24, 2.45) is 0 Å². The van der Waals surface area contributed by atoms with Crippen LogP contribution < -0.4 is 5.32 Å². The maximum atomic E-state index is 13.1. The lowest BCUT2D eigenvalue weighted by Crippen LogP contribution is -2.49. The van der Waals surface area contributed by atoms with Crippen molar-refractivity contribution >= 4 is 46.6 Å². The monoisotopic (exact) mass is 454 g/mol. The summed E-state index contributed by atoms with van der Waals surface area (Å²) in [7, 11) is 0. The van der Waals surface area contributed by atoms with Crippen LogP contribution in [-0.4, -0.2) is 28.8 Å². The molecule has 156 valence electrons. The van der Waals surface area contributed by atoms with Crippen LogP contribution in [0.25, 0.3) is 0 Å². The Labute approximate surface area is 187 Å². The van der Waals surface area contributed by atoms with Crippen molar-refractivity contribution < 1.29 is 9.59 Å². The molecule has 2 aromatic rings. The third kappa shape index (κ3) is 6.91. The molecule has 0 saturated carbocycles. The van der Waals surface area contributed by atoms with E-state index in [1.807, 2.05) is 32.0 Å². The maximum Gasteiger partial charge on any atom is 0.242 e. The van der Waals surface area contributed by atoms with Crippen molar-refractivity contribution in [2.75, 3.05) is 0 Å². The molecule has 1 atom stereocenters. The number of nitrogens with zero attached hydrogens (tertiary/aromatic N) is 1. The average Bonchev–Trinajstić information content (AvgIpc) is 2.65. The van der Waals surface area contributed by atoms with E-state index in [0.717, 1.165) is 11.1 Å². The molecule has 0 aliphatic carbocycles. The predicted octanol–water partition coefficient (Wildman–Crippen LogP) is 5.52. The second-order valence-electron chi connectivity index (χ2n) is 7.19. The molecule has 0 aliphatic rings. The molecule has 0 aliphatic heterocycles. The minimum Gasteiger partial charge on any atom is -0.352 e. The lowest BCUT2D eigenvalue weighted by molar-refractivity contribution is -0.140. The van der Waals surface area contributed by atoms with Crippen LogP contribution in [0.2, 0.25) is 15.1 Å². The van der Waals surface area contributed by atoms with Crippen LogP contribution >= 0.6 is 34.8 Å². The number of aryl methyl sites for hydroxylation is 1. The fourth-order valence-electron chi connectivity index (χ4n) is 2.91. The summed E-state index contributed by atoms with van der Waals surface area (Å²) in [4.78, 5) is 27.2. The van der Waals surface area contributed by atoms with Gasteiger partial charge in [0.2, 0.25) is 11.8 Å². The van der Waals surface area contributed by atoms with Crippen LogP contribution in [0, 0.1) is 0 Å².